The van der Waals surface area contributed by atoms with Crippen LogP contribution in [0.15, 0.2) is 23.0 Å². The quantitative estimate of drug-likeness (QED) is 0.408. The van der Waals surface area contributed by atoms with Crippen molar-refractivity contribution in [3.8, 4) is 0 Å². The number of carbonyl (C=O) groups is 3. The number of epoxide rings is 1. The first-order valence-electron chi connectivity index (χ1n) is 11.5. The Morgan fingerprint density at radius 3 is 2.61 bits per heavy atom. The highest BCUT2D eigenvalue weighted by atomic mass is 16.6. The van der Waals surface area contributed by atoms with Crippen LogP contribution in [0.1, 0.15) is 58.1 Å². The van der Waals surface area contributed by atoms with Gasteiger partial charge in [0.25, 0.3) is 0 Å². The van der Waals surface area contributed by atoms with Crippen molar-refractivity contribution in [2.45, 2.75) is 70.4 Å². The van der Waals surface area contributed by atoms with Gasteiger partial charge in [-0.2, -0.15) is 0 Å². The second-order valence-corrected chi connectivity index (χ2v) is 10.1. The van der Waals surface area contributed by atoms with Gasteiger partial charge in [-0.3, -0.25) is 14.4 Å². The van der Waals surface area contributed by atoms with E-state index in [0.29, 0.717) is 25.7 Å². The van der Waals surface area contributed by atoms with Crippen LogP contribution in [-0.2, 0) is 33.3 Å². The summed E-state index contributed by atoms with van der Waals surface area (Å²) in [6.45, 7) is 4.75. The van der Waals surface area contributed by atoms with Crippen molar-refractivity contribution in [2.75, 3.05) is 13.2 Å². The summed E-state index contributed by atoms with van der Waals surface area (Å²) in [5.74, 6) is -1.80. The maximum Gasteiger partial charge on any atom is 0.313 e. The molecule has 0 bridgehead atoms. The molecule has 1 aromatic heterocycles. The summed E-state index contributed by atoms with van der Waals surface area (Å²) in [5.41, 5.74) is -2.23. The van der Waals surface area contributed by atoms with E-state index in [1.165, 1.54) is 13.8 Å². The molecule has 0 amide bonds. The van der Waals surface area contributed by atoms with E-state index in [1.54, 1.807) is 18.6 Å². The minimum absolute atomic E-state index is 0.121. The fourth-order valence-corrected chi connectivity index (χ4v) is 7.16. The highest BCUT2D eigenvalue weighted by molar-refractivity contribution is 5.81. The molecule has 9 heteroatoms. The predicted molar refractivity (Wildman–Crippen MR) is 110 cm³/mol. The van der Waals surface area contributed by atoms with Gasteiger partial charge in [-0.1, -0.05) is 6.92 Å². The summed E-state index contributed by atoms with van der Waals surface area (Å²) in [7, 11) is 0. The van der Waals surface area contributed by atoms with Crippen molar-refractivity contribution in [3.63, 3.8) is 0 Å². The zero-order valence-electron chi connectivity index (χ0n) is 19.1. The maximum atomic E-state index is 13.6. The van der Waals surface area contributed by atoms with Gasteiger partial charge in [0, 0.05) is 25.8 Å². The third kappa shape index (κ3) is 3.01. The minimum atomic E-state index is -1.10. The molecule has 9 nitrogen and oxygen atoms in total. The van der Waals surface area contributed by atoms with Crippen LogP contribution in [0.5, 0.6) is 0 Å². The van der Waals surface area contributed by atoms with E-state index < -0.39 is 46.7 Å². The lowest BCUT2D eigenvalue weighted by molar-refractivity contribution is -0.241. The first-order valence-corrected chi connectivity index (χ1v) is 11.5. The SMILES string of the molecule is CC(=O)OC[C@@]12C(CC[C@H](OC(C)=O)[C@]13CO3)[C@@]1(C[C@@H](c3ccoc3)OC1=O)[C@H](C)C[C@@H]2O. The zero-order chi connectivity index (χ0) is 23.6. The molecule has 8 atom stereocenters. The van der Waals surface area contributed by atoms with Crippen LogP contribution < -0.4 is 0 Å². The lowest BCUT2D eigenvalue weighted by Gasteiger charge is -2.61. The number of carbonyl (C=O) groups excluding carboxylic acids is 3. The molecule has 2 aliphatic carbocycles. The Balaban J connectivity index is 1.61. The van der Waals surface area contributed by atoms with E-state index in [9.17, 15) is 19.5 Å². The molecule has 1 unspecified atom stereocenters. The molecule has 2 spiro atoms. The zero-order valence-corrected chi connectivity index (χ0v) is 19.1. The number of rotatable bonds is 4. The second-order valence-electron chi connectivity index (χ2n) is 10.1. The van der Waals surface area contributed by atoms with Crippen LogP contribution in [0.2, 0.25) is 0 Å². The molecule has 0 radical (unpaired) electrons. The third-order valence-electron chi connectivity index (χ3n) is 8.67. The minimum Gasteiger partial charge on any atom is -0.472 e. The summed E-state index contributed by atoms with van der Waals surface area (Å²) in [6.07, 6.45) is 2.88. The monoisotopic (exact) mass is 462 g/mol. The van der Waals surface area contributed by atoms with Gasteiger partial charge < -0.3 is 28.5 Å². The number of fused-ring (bicyclic) bond motifs is 3. The normalized spacial score (nSPS) is 43.8. The average Bonchev–Trinajstić information content (AvgIpc) is 3.19. The van der Waals surface area contributed by atoms with Gasteiger partial charge in [-0.25, -0.2) is 0 Å². The molecule has 4 fully saturated rings. The van der Waals surface area contributed by atoms with Crippen molar-refractivity contribution in [1.29, 1.82) is 0 Å². The Bertz CT molecular complexity index is 951. The van der Waals surface area contributed by atoms with Gasteiger partial charge in [0.2, 0.25) is 0 Å². The standard InChI is InChI=1S/C24H30O9/c1-13-8-19(27)23(11-30-14(2)25)18(4-5-20(32-15(3)26)24(23)12-31-24)22(13)9-17(33-21(22)28)16-6-7-29-10-16/h6-7,10,13,17-20,27H,4-5,8-9,11-12H2,1-3H3/t13-,17+,18?,19+,20+,22-,23+,24-/m1/s1. The van der Waals surface area contributed by atoms with Gasteiger partial charge in [0.1, 0.15) is 24.4 Å². The molecule has 4 aliphatic rings. The molecule has 3 heterocycles. The molecule has 0 aromatic carbocycles. The summed E-state index contributed by atoms with van der Waals surface area (Å²) in [6, 6.07) is 1.79. The lowest BCUT2D eigenvalue weighted by atomic mass is 9.42. The highest BCUT2D eigenvalue weighted by Crippen LogP contribution is 2.71. The van der Waals surface area contributed by atoms with Crippen molar-refractivity contribution >= 4 is 17.9 Å². The van der Waals surface area contributed by atoms with E-state index in [1.807, 2.05) is 6.92 Å². The predicted octanol–water partition coefficient (Wildman–Crippen LogP) is 2.31. The van der Waals surface area contributed by atoms with Crippen LogP contribution in [0.4, 0.5) is 0 Å². The number of hydrogen-bond donors (Lipinski definition) is 1. The number of cyclic esters (lactones) is 1. The van der Waals surface area contributed by atoms with Gasteiger partial charge in [0.15, 0.2) is 0 Å². The fraction of sp³-hybridized carbons (Fsp3) is 0.708. The summed E-state index contributed by atoms with van der Waals surface area (Å²) < 4.78 is 28.3. The van der Waals surface area contributed by atoms with Gasteiger partial charge >= 0.3 is 17.9 Å². The van der Waals surface area contributed by atoms with Crippen LogP contribution >= 0.6 is 0 Å². The van der Waals surface area contributed by atoms with Crippen molar-refractivity contribution < 1.29 is 42.9 Å². The molecule has 1 aromatic rings. The number of furan rings is 1. The molecule has 1 N–H and O–H groups in total. The molecule has 2 saturated carbocycles. The van der Waals surface area contributed by atoms with Gasteiger partial charge in [0.05, 0.1) is 36.1 Å². The topological polar surface area (TPSA) is 125 Å². The fourth-order valence-electron chi connectivity index (χ4n) is 7.16. The first-order chi connectivity index (χ1) is 15.7. The Kier molecular flexibility index (Phi) is 5.13. The summed E-state index contributed by atoms with van der Waals surface area (Å²) >= 11 is 0. The van der Waals surface area contributed by atoms with E-state index in [-0.39, 0.29) is 31.0 Å². The lowest BCUT2D eigenvalue weighted by Crippen LogP contribution is -2.71. The van der Waals surface area contributed by atoms with Crippen molar-refractivity contribution in [1.82, 2.24) is 0 Å². The second kappa shape index (κ2) is 7.56. The Labute approximate surface area is 191 Å². The van der Waals surface area contributed by atoms with E-state index in [4.69, 9.17) is 23.4 Å². The van der Waals surface area contributed by atoms with Crippen LogP contribution in [0.25, 0.3) is 0 Å². The van der Waals surface area contributed by atoms with E-state index >= 15 is 0 Å². The molecular formula is C24H30O9. The Hall–Kier alpha value is -2.39. The number of aliphatic hydroxyl groups excluding tert-OH is 1. The van der Waals surface area contributed by atoms with Gasteiger partial charge in [-0.05, 0) is 37.2 Å². The highest BCUT2D eigenvalue weighted by Gasteiger charge is 2.80. The molecule has 33 heavy (non-hydrogen) atoms. The molecular weight excluding hydrogens is 432 g/mol. The number of aliphatic hydroxyl groups is 1. The Morgan fingerprint density at radius 1 is 1.24 bits per heavy atom. The van der Waals surface area contributed by atoms with E-state index in [2.05, 4.69) is 0 Å². The summed E-state index contributed by atoms with van der Waals surface area (Å²) in [5, 5.41) is 11.6. The molecule has 2 aliphatic heterocycles. The smallest absolute Gasteiger partial charge is 0.313 e. The summed E-state index contributed by atoms with van der Waals surface area (Å²) in [4.78, 5) is 37.4. The average molecular weight is 462 g/mol. The van der Waals surface area contributed by atoms with Crippen LogP contribution in [0.3, 0.4) is 0 Å². The molecule has 180 valence electrons. The van der Waals surface area contributed by atoms with Crippen molar-refractivity contribution in [2.24, 2.45) is 22.7 Å². The number of ether oxygens (including phenoxy) is 4. The first kappa shape index (κ1) is 22.4. The van der Waals surface area contributed by atoms with Gasteiger partial charge in [-0.15, -0.1) is 0 Å². The third-order valence-corrected chi connectivity index (χ3v) is 8.67. The number of hydrogen-bond acceptors (Lipinski definition) is 9. The Morgan fingerprint density at radius 2 is 2.00 bits per heavy atom. The van der Waals surface area contributed by atoms with Crippen molar-refractivity contribution in [3.05, 3.63) is 24.2 Å². The van der Waals surface area contributed by atoms with Crippen LogP contribution in [0, 0.1) is 22.7 Å². The number of esters is 3. The van der Waals surface area contributed by atoms with Crippen LogP contribution in [-0.4, -0.2) is 54.0 Å². The largest absolute Gasteiger partial charge is 0.472 e. The van der Waals surface area contributed by atoms with E-state index in [0.717, 1.165) is 5.56 Å². The molecule has 5 rings (SSSR count). The maximum absolute atomic E-state index is 13.6. The molecule has 2 saturated heterocycles.